The molecule has 0 aromatic heterocycles. The molecule has 0 bridgehead atoms. The predicted molar refractivity (Wildman–Crippen MR) is 116 cm³/mol. The SMILES string of the molecule is COc1ccc(N(CC(=O)N[C@H](C)C(C)C)S(=O)(=O)c2ccc(C)cc2)cc1Cl. The molecule has 0 fully saturated rings. The van der Waals surface area contributed by atoms with Crippen molar-refractivity contribution in [1.82, 2.24) is 5.32 Å². The minimum Gasteiger partial charge on any atom is -0.495 e. The number of anilines is 1. The molecule has 0 heterocycles. The Morgan fingerprint density at radius 2 is 1.76 bits per heavy atom. The van der Waals surface area contributed by atoms with Crippen LogP contribution in [0.4, 0.5) is 5.69 Å². The number of carbonyl (C=O) groups is 1. The summed E-state index contributed by atoms with van der Waals surface area (Å²) >= 11 is 6.21. The molecule has 1 amide bonds. The Hall–Kier alpha value is -2.25. The Morgan fingerprint density at radius 1 is 1.14 bits per heavy atom. The highest BCUT2D eigenvalue weighted by molar-refractivity contribution is 7.92. The number of rotatable bonds is 8. The van der Waals surface area contributed by atoms with E-state index in [-0.39, 0.29) is 34.1 Å². The summed E-state index contributed by atoms with van der Waals surface area (Å²) in [5, 5.41) is 3.10. The summed E-state index contributed by atoms with van der Waals surface area (Å²) in [4.78, 5) is 12.7. The van der Waals surface area contributed by atoms with Crippen molar-refractivity contribution in [2.24, 2.45) is 5.92 Å². The van der Waals surface area contributed by atoms with Gasteiger partial charge in [0.05, 0.1) is 22.7 Å². The summed E-state index contributed by atoms with van der Waals surface area (Å²) in [6.45, 7) is 7.35. The zero-order valence-corrected chi connectivity index (χ0v) is 18.8. The van der Waals surface area contributed by atoms with E-state index >= 15 is 0 Å². The Bertz CT molecular complexity index is 959. The van der Waals surface area contributed by atoms with Crippen LogP contribution in [0, 0.1) is 12.8 Å². The molecule has 2 rings (SSSR count). The Balaban J connectivity index is 2.46. The van der Waals surface area contributed by atoms with Gasteiger partial charge < -0.3 is 10.1 Å². The summed E-state index contributed by atoms with van der Waals surface area (Å²) < 4.78 is 32.9. The van der Waals surface area contributed by atoms with Crippen molar-refractivity contribution in [1.29, 1.82) is 0 Å². The standard InChI is InChI=1S/C21H27ClN2O4S/c1-14(2)16(4)23-21(25)13-24(17-8-11-20(28-5)19(22)12-17)29(26,27)18-9-6-15(3)7-10-18/h6-12,14,16H,13H2,1-5H3,(H,23,25)/t16-/m1/s1. The summed E-state index contributed by atoms with van der Waals surface area (Å²) in [7, 11) is -2.51. The van der Waals surface area contributed by atoms with Gasteiger partial charge in [-0.3, -0.25) is 9.10 Å². The molecule has 0 unspecified atom stereocenters. The third kappa shape index (κ3) is 5.64. The van der Waals surface area contributed by atoms with Crippen LogP contribution in [0.1, 0.15) is 26.3 Å². The van der Waals surface area contributed by atoms with Crippen molar-refractivity contribution < 1.29 is 17.9 Å². The van der Waals surface area contributed by atoms with Crippen LogP contribution >= 0.6 is 11.6 Å². The van der Waals surface area contributed by atoms with Crippen molar-refractivity contribution in [2.45, 2.75) is 38.6 Å². The second-order valence-corrected chi connectivity index (χ2v) is 9.51. The number of hydrogen-bond acceptors (Lipinski definition) is 4. The second-order valence-electron chi connectivity index (χ2n) is 7.24. The summed E-state index contributed by atoms with van der Waals surface area (Å²) in [6.07, 6.45) is 0. The smallest absolute Gasteiger partial charge is 0.264 e. The molecule has 8 heteroatoms. The first kappa shape index (κ1) is 23.0. The second kappa shape index (κ2) is 9.50. The number of nitrogens with one attached hydrogen (secondary N) is 1. The fourth-order valence-corrected chi connectivity index (χ4v) is 4.22. The first-order chi connectivity index (χ1) is 13.6. The molecule has 0 aliphatic rings. The third-order valence-electron chi connectivity index (χ3n) is 4.71. The molecule has 0 aliphatic carbocycles. The van der Waals surface area contributed by atoms with E-state index in [1.165, 1.54) is 25.3 Å². The van der Waals surface area contributed by atoms with E-state index in [4.69, 9.17) is 16.3 Å². The number of halogens is 1. The van der Waals surface area contributed by atoms with E-state index in [1.807, 2.05) is 27.7 Å². The van der Waals surface area contributed by atoms with Gasteiger partial charge in [-0.25, -0.2) is 8.42 Å². The van der Waals surface area contributed by atoms with Crippen LogP contribution in [0.5, 0.6) is 5.75 Å². The normalized spacial score (nSPS) is 12.5. The molecule has 29 heavy (non-hydrogen) atoms. The minimum atomic E-state index is -3.99. The fraction of sp³-hybridized carbons (Fsp3) is 0.381. The predicted octanol–water partition coefficient (Wildman–Crippen LogP) is 4.01. The number of hydrogen-bond donors (Lipinski definition) is 1. The lowest BCUT2D eigenvalue weighted by Crippen LogP contribution is -2.45. The largest absolute Gasteiger partial charge is 0.495 e. The summed E-state index contributed by atoms with van der Waals surface area (Å²) in [6, 6.07) is 11.0. The molecule has 0 saturated heterocycles. The first-order valence-electron chi connectivity index (χ1n) is 9.28. The van der Waals surface area contributed by atoms with Crippen LogP contribution in [-0.2, 0) is 14.8 Å². The molecule has 0 spiro atoms. The van der Waals surface area contributed by atoms with Crippen LogP contribution in [0.15, 0.2) is 47.4 Å². The van der Waals surface area contributed by atoms with Gasteiger partial charge in [-0.1, -0.05) is 43.1 Å². The van der Waals surface area contributed by atoms with E-state index in [1.54, 1.807) is 24.3 Å². The fourth-order valence-electron chi connectivity index (χ4n) is 2.56. The van der Waals surface area contributed by atoms with Gasteiger partial charge in [0, 0.05) is 6.04 Å². The maximum Gasteiger partial charge on any atom is 0.264 e. The van der Waals surface area contributed by atoms with Crippen molar-refractivity contribution >= 4 is 33.2 Å². The minimum absolute atomic E-state index is 0.0918. The van der Waals surface area contributed by atoms with E-state index in [9.17, 15) is 13.2 Å². The average Bonchev–Trinajstić information content (AvgIpc) is 2.66. The number of aryl methyl sites for hydroxylation is 1. The molecule has 158 valence electrons. The lowest BCUT2D eigenvalue weighted by Gasteiger charge is -2.26. The lowest BCUT2D eigenvalue weighted by molar-refractivity contribution is -0.120. The van der Waals surface area contributed by atoms with Crippen LogP contribution in [-0.4, -0.2) is 34.0 Å². The Morgan fingerprint density at radius 3 is 2.28 bits per heavy atom. The van der Waals surface area contributed by atoms with Crippen LogP contribution in [0.2, 0.25) is 5.02 Å². The number of amides is 1. The number of ether oxygens (including phenoxy) is 1. The van der Waals surface area contributed by atoms with Crippen molar-refractivity contribution in [2.75, 3.05) is 18.0 Å². The molecular weight excluding hydrogens is 412 g/mol. The molecule has 1 N–H and O–H groups in total. The molecule has 0 aliphatic heterocycles. The molecule has 1 atom stereocenters. The Labute approximate surface area is 177 Å². The highest BCUT2D eigenvalue weighted by Crippen LogP contribution is 2.32. The van der Waals surface area contributed by atoms with Gasteiger partial charge in [0.25, 0.3) is 10.0 Å². The summed E-state index contributed by atoms with van der Waals surface area (Å²) in [5.74, 6) is 0.242. The molecule has 0 radical (unpaired) electrons. The van der Waals surface area contributed by atoms with Gasteiger partial charge in [0.2, 0.25) is 5.91 Å². The highest BCUT2D eigenvalue weighted by atomic mass is 35.5. The van der Waals surface area contributed by atoms with E-state index in [0.717, 1.165) is 9.87 Å². The number of benzene rings is 2. The van der Waals surface area contributed by atoms with E-state index < -0.39 is 15.9 Å². The zero-order valence-electron chi connectivity index (χ0n) is 17.3. The molecule has 2 aromatic carbocycles. The monoisotopic (exact) mass is 438 g/mol. The summed E-state index contributed by atoms with van der Waals surface area (Å²) in [5.41, 5.74) is 1.22. The zero-order chi connectivity index (χ0) is 21.8. The number of nitrogens with zero attached hydrogens (tertiary/aromatic N) is 1. The van der Waals surface area contributed by atoms with Crippen LogP contribution in [0.3, 0.4) is 0 Å². The topological polar surface area (TPSA) is 75.7 Å². The average molecular weight is 439 g/mol. The van der Waals surface area contributed by atoms with Gasteiger partial charge in [-0.2, -0.15) is 0 Å². The lowest BCUT2D eigenvalue weighted by atomic mass is 10.1. The van der Waals surface area contributed by atoms with Crippen molar-refractivity contribution in [3.63, 3.8) is 0 Å². The van der Waals surface area contributed by atoms with Gasteiger partial charge in [0.1, 0.15) is 12.3 Å². The molecular formula is C21H27ClN2O4S. The van der Waals surface area contributed by atoms with Gasteiger partial charge >= 0.3 is 0 Å². The number of carbonyl (C=O) groups excluding carboxylic acids is 1. The number of methoxy groups -OCH3 is 1. The van der Waals surface area contributed by atoms with Crippen molar-refractivity contribution in [3.05, 3.63) is 53.1 Å². The first-order valence-corrected chi connectivity index (χ1v) is 11.1. The Kier molecular flexibility index (Phi) is 7.54. The van der Waals surface area contributed by atoms with Crippen molar-refractivity contribution in [3.8, 4) is 5.75 Å². The quantitative estimate of drug-likeness (QED) is 0.675. The highest BCUT2D eigenvalue weighted by Gasteiger charge is 2.28. The number of sulfonamides is 1. The maximum absolute atomic E-state index is 13.3. The van der Waals surface area contributed by atoms with E-state index in [0.29, 0.717) is 5.75 Å². The van der Waals surface area contributed by atoms with Crippen LogP contribution in [0.25, 0.3) is 0 Å². The van der Waals surface area contributed by atoms with Gasteiger partial charge in [-0.15, -0.1) is 0 Å². The molecule has 2 aromatic rings. The van der Waals surface area contributed by atoms with E-state index in [2.05, 4.69) is 5.32 Å². The van der Waals surface area contributed by atoms with Gasteiger partial charge in [-0.05, 0) is 50.1 Å². The van der Waals surface area contributed by atoms with Crippen LogP contribution < -0.4 is 14.4 Å². The maximum atomic E-state index is 13.3. The van der Waals surface area contributed by atoms with Gasteiger partial charge in [0.15, 0.2) is 0 Å². The third-order valence-corrected chi connectivity index (χ3v) is 6.79. The molecule has 0 saturated carbocycles. The molecule has 6 nitrogen and oxygen atoms in total.